The Morgan fingerprint density at radius 1 is 1.18 bits per heavy atom. The maximum absolute atomic E-state index is 9.68. The van der Waals surface area contributed by atoms with Crippen LogP contribution in [-0.2, 0) is 14.2 Å². The van der Waals surface area contributed by atoms with Crippen LogP contribution in [0.5, 0.6) is 0 Å². The summed E-state index contributed by atoms with van der Waals surface area (Å²) in [5, 5.41) is 9.68. The maximum atomic E-state index is 9.68. The van der Waals surface area contributed by atoms with Gasteiger partial charge in [0.1, 0.15) is 0 Å². The van der Waals surface area contributed by atoms with Crippen molar-refractivity contribution in [3.05, 3.63) is 0 Å². The molecule has 0 aliphatic rings. The van der Waals surface area contributed by atoms with Crippen LogP contribution in [0, 0.1) is 0 Å². The molecule has 0 saturated heterocycles. The van der Waals surface area contributed by atoms with Gasteiger partial charge in [0.05, 0.1) is 38.6 Å². The number of hydrogen-bond donors (Lipinski definition) is 1. The highest BCUT2D eigenvalue weighted by Gasteiger charge is 2.08. The van der Waals surface area contributed by atoms with E-state index in [-0.39, 0.29) is 6.10 Å². The van der Waals surface area contributed by atoms with Crippen LogP contribution in [0.25, 0.3) is 0 Å². The van der Waals surface area contributed by atoms with Gasteiger partial charge in [0.15, 0.2) is 0 Å². The Balaban J connectivity index is 3.41. The minimum Gasteiger partial charge on any atom is -0.389 e. The number of rotatable bonds is 11. The summed E-state index contributed by atoms with van der Waals surface area (Å²) in [6.45, 7) is 7.54. The van der Waals surface area contributed by atoms with E-state index >= 15 is 0 Å². The number of ether oxygens (including phenoxy) is 3. The Bertz CT molecular complexity index is 167. The molecule has 0 fully saturated rings. The third-order valence-corrected chi connectivity index (χ3v) is 2.19. The smallest absolute Gasteiger partial charge is 0.0900 e. The van der Waals surface area contributed by atoms with Crippen molar-refractivity contribution in [2.24, 2.45) is 0 Å². The van der Waals surface area contributed by atoms with E-state index in [1.54, 1.807) is 7.11 Å². The van der Waals surface area contributed by atoms with Crippen molar-refractivity contribution in [1.29, 1.82) is 0 Å². The minimum absolute atomic E-state index is 0.255. The van der Waals surface area contributed by atoms with Gasteiger partial charge in [-0.15, -0.1) is 0 Å². The van der Waals surface area contributed by atoms with E-state index in [1.165, 1.54) is 0 Å². The molecule has 0 radical (unpaired) electrons. The number of hydrogen-bond acceptors (Lipinski definition) is 5. The fraction of sp³-hybridized carbons (Fsp3) is 1.00. The van der Waals surface area contributed by atoms with E-state index in [9.17, 15) is 5.11 Å². The monoisotopic (exact) mass is 249 g/mol. The summed E-state index contributed by atoms with van der Waals surface area (Å²) in [6, 6.07) is 0. The van der Waals surface area contributed by atoms with Crippen LogP contribution >= 0.6 is 0 Å². The highest BCUT2D eigenvalue weighted by molar-refractivity contribution is 4.60. The molecule has 0 aromatic heterocycles. The molecule has 0 amide bonds. The molecule has 104 valence electrons. The van der Waals surface area contributed by atoms with Gasteiger partial charge in [-0.3, -0.25) is 0 Å². The fourth-order valence-electron chi connectivity index (χ4n) is 1.31. The van der Waals surface area contributed by atoms with Crippen LogP contribution in [0.4, 0.5) is 0 Å². The Hall–Kier alpha value is -0.200. The van der Waals surface area contributed by atoms with Crippen LogP contribution in [0.1, 0.15) is 13.8 Å². The molecule has 0 heterocycles. The second-order valence-electron chi connectivity index (χ2n) is 4.40. The standard InChI is InChI=1S/C12H27NO4/c1-11(2)17-6-5-13(3)9-12(14)10-16-8-7-15-4/h11-12,14H,5-10H2,1-4H3. The molecular formula is C12H27NO4. The van der Waals surface area contributed by atoms with Crippen molar-refractivity contribution >= 4 is 0 Å². The van der Waals surface area contributed by atoms with Gasteiger partial charge in [0.2, 0.25) is 0 Å². The van der Waals surface area contributed by atoms with Crippen LogP contribution in [-0.4, -0.2) is 75.9 Å². The second kappa shape index (κ2) is 10.9. The van der Waals surface area contributed by atoms with Gasteiger partial charge in [0.25, 0.3) is 0 Å². The Kier molecular flexibility index (Phi) is 10.8. The molecule has 17 heavy (non-hydrogen) atoms. The number of methoxy groups -OCH3 is 1. The highest BCUT2D eigenvalue weighted by Crippen LogP contribution is 1.93. The summed E-state index contributed by atoms with van der Waals surface area (Å²) >= 11 is 0. The Morgan fingerprint density at radius 3 is 2.47 bits per heavy atom. The molecule has 0 aromatic rings. The van der Waals surface area contributed by atoms with Gasteiger partial charge in [-0.25, -0.2) is 0 Å². The van der Waals surface area contributed by atoms with Crippen LogP contribution < -0.4 is 0 Å². The van der Waals surface area contributed by atoms with E-state index in [0.29, 0.717) is 33.0 Å². The molecule has 0 bridgehead atoms. The zero-order valence-electron chi connectivity index (χ0n) is 11.5. The third kappa shape index (κ3) is 12.1. The summed E-state index contributed by atoms with van der Waals surface area (Å²) in [5.74, 6) is 0. The SMILES string of the molecule is COCCOCC(O)CN(C)CCOC(C)C. The number of likely N-dealkylation sites (N-methyl/N-ethyl adjacent to an activating group) is 1. The number of aliphatic hydroxyl groups is 1. The van der Waals surface area contributed by atoms with Gasteiger partial charge in [-0.2, -0.15) is 0 Å². The molecule has 1 unspecified atom stereocenters. The van der Waals surface area contributed by atoms with Crippen molar-refractivity contribution in [2.75, 3.05) is 53.7 Å². The predicted molar refractivity (Wildman–Crippen MR) is 67.3 cm³/mol. The lowest BCUT2D eigenvalue weighted by atomic mass is 10.3. The molecule has 0 rings (SSSR count). The predicted octanol–water partition coefficient (Wildman–Crippen LogP) is 0.367. The van der Waals surface area contributed by atoms with Crippen molar-refractivity contribution < 1.29 is 19.3 Å². The topological polar surface area (TPSA) is 51.2 Å². The average Bonchev–Trinajstić information content (AvgIpc) is 2.23. The summed E-state index contributed by atoms with van der Waals surface area (Å²) in [6.07, 6.45) is -0.207. The normalized spacial score (nSPS) is 13.6. The number of nitrogens with zero attached hydrogens (tertiary/aromatic N) is 1. The Labute approximate surface area is 105 Å². The van der Waals surface area contributed by atoms with E-state index in [0.717, 1.165) is 6.54 Å². The van der Waals surface area contributed by atoms with Gasteiger partial charge >= 0.3 is 0 Å². The van der Waals surface area contributed by atoms with Gasteiger partial charge in [-0.1, -0.05) is 0 Å². The van der Waals surface area contributed by atoms with Crippen LogP contribution in [0.2, 0.25) is 0 Å². The fourth-order valence-corrected chi connectivity index (χ4v) is 1.31. The van der Waals surface area contributed by atoms with Gasteiger partial charge in [0, 0.05) is 20.2 Å². The molecular weight excluding hydrogens is 222 g/mol. The highest BCUT2D eigenvalue weighted by atomic mass is 16.5. The second-order valence-corrected chi connectivity index (χ2v) is 4.40. The lowest BCUT2D eigenvalue weighted by Crippen LogP contribution is -2.34. The van der Waals surface area contributed by atoms with E-state index < -0.39 is 6.10 Å². The number of aliphatic hydroxyl groups excluding tert-OH is 1. The summed E-state index contributed by atoms with van der Waals surface area (Å²) in [5.41, 5.74) is 0. The molecule has 0 aliphatic carbocycles. The zero-order chi connectivity index (χ0) is 13.1. The average molecular weight is 249 g/mol. The summed E-state index contributed by atoms with van der Waals surface area (Å²) in [7, 11) is 3.59. The molecule has 0 aliphatic heterocycles. The summed E-state index contributed by atoms with van der Waals surface area (Å²) < 4.78 is 15.5. The lowest BCUT2D eigenvalue weighted by Gasteiger charge is -2.21. The van der Waals surface area contributed by atoms with Gasteiger partial charge < -0.3 is 24.2 Å². The van der Waals surface area contributed by atoms with Crippen molar-refractivity contribution in [2.45, 2.75) is 26.1 Å². The van der Waals surface area contributed by atoms with Crippen molar-refractivity contribution in [3.8, 4) is 0 Å². The molecule has 5 nitrogen and oxygen atoms in total. The first-order valence-electron chi connectivity index (χ1n) is 6.11. The van der Waals surface area contributed by atoms with E-state index in [4.69, 9.17) is 14.2 Å². The Morgan fingerprint density at radius 2 is 1.88 bits per heavy atom. The molecule has 0 aromatic carbocycles. The first-order chi connectivity index (χ1) is 8.06. The van der Waals surface area contributed by atoms with Crippen molar-refractivity contribution in [1.82, 2.24) is 4.90 Å². The third-order valence-electron chi connectivity index (χ3n) is 2.19. The maximum Gasteiger partial charge on any atom is 0.0900 e. The quantitative estimate of drug-likeness (QED) is 0.536. The molecule has 5 heteroatoms. The van der Waals surface area contributed by atoms with Crippen LogP contribution in [0.3, 0.4) is 0 Å². The van der Waals surface area contributed by atoms with E-state index in [2.05, 4.69) is 0 Å². The summed E-state index contributed by atoms with van der Waals surface area (Å²) in [4.78, 5) is 2.03. The molecule has 0 saturated carbocycles. The van der Waals surface area contributed by atoms with Crippen LogP contribution in [0.15, 0.2) is 0 Å². The first kappa shape index (κ1) is 16.8. The molecule has 1 N–H and O–H groups in total. The molecule has 1 atom stereocenters. The minimum atomic E-state index is -0.462. The zero-order valence-corrected chi connectivity index (χ0v) is 11.5. The molecule has 0 spiro atoms. The van der Waals surface area contributed by atoms with E-state index in [1.807, 2.05) is 25.8 Å². The lowest BCUT2D eigenvalue weighted by molar-refractivity contribution is -0.00294. The first-order valence-corrected chi connectivity index (χ1v) is 6.11. The van der Waals surface area contributed by atoms with Crippen molar-refractivity contribution in [3.63, 3.8) is 0 Å². The van der Waals surface area contributed by atoms with Gasteiger partial charge in [-0.05, 0) is 20.9 Å². The largest absolute Gasteiger partial charge is 0.389 e.